The molecular weight excluding hydrogens is 278 g/mol. The van der Waals surface area contributed by atoms with Gasteiger partial charge in [0.15, 0.2) is 0 Å². The maximum absolute atomic E-state index is 11.4. The van der Waals surface area contributed by atoms with Crippen molar-refractivity contribution in [3.05, 3.63) is 28.8 Å². The lowest BCUT2D eigenvalue weighted by atomic mass is 10.1. The van der Waals surface area contributed by atoms with Crippen LogP contribution in [0.1, 0.15) is 21.5 Å². The van der Waals surface area contributed by atoms with E-state index in [4.69, 9.17) is 5.26 Å². The summed E-state index contributed by atoms with van der Waals surface area (Å²) in [6.07, 6.45) is 0. The Kier molecular flexibility index (Phi) is 4.18. The predicted octanol–water partition coefficient (Wildman–Crippen LogP) is 2.53. The van der Waals surface area contributed by atoms with Crippen LogP contribution in [0.15, 0.2) is 17.0 Å². The summed E-state index contributed by atoms with van der Waals surface area (Å²) in [5.41, 5.74) is 1.37. The van der Waals surface area contributed by atoms with Crippen molar-refractivity contribution in [3.63, 3.8) is 0 Å². The number of carbonyl (C=O) groups excluding carboxylic acids is 1. The molecule has 1 aromatic carbocycles. The third-order valence-corrected chi connectivity index (χ3v) is 2.85. The fraction of sp³-hybridized carbons (Fsp3) is 0.200. The van der Waals surface area contributed by atoms with Gasteiger partial charge in [0.2, 0.25) is 0 Å². The Morgan fingerprint density at radius 1 is 1.67 bits per heavy atom. The molecule has 0 aliphatic carbocycles. The van der Waals surface area contributed by atoms with Crippen molar-refractivity contribution in [1.29, 1.82) is 5.26 Å². The van der Waals surface area contributed by atoms with Crippen LogP contribution in [0, 0.1) is 11.3 Å². The fourth-order valence-corrected chi connectivity index (χ4v) is 1.81. The molecule has 0 aliphatic rings. The summed E-state index contributed by atoms with van der Waals surface area (Å²) < 4.78 is 4.59. The van der Waals surface area contributed by atoms with Crippen LogP contribution in [0.2, 0.25) is 0 Å². The number of alkyl halides is 1. The van der Waals surface area contributed by atoms with E-state index in [0.717, 1.165) is 5.56 Å². The smallest absolute Gasteiger partial charge is 0.339 e. The van der Waals surface area contributed by atoms with E-state index in [1.807, 2.05) is 6.07 Å². The van der Waals surface area contributed by atoms with Crippen molar-refractivity contribution >= 4 is 34.5 Å². The topological polar surface area (TPSA) is 50.1 Å². The summed E-state index contributed by atoms with van der Waals surface area (Å²) in [5, 5.41) is 9.48. The van der Waals surface area contributed by atoms with Crippen LogP contribution in [-0.2, 0) is 10.1 Å². The van der Waals surface area contributed by atoms with E-state index < -0.39 is 5.97 Å². The summed E-state index contributed by atoms with van der Waals surface area (Å²) >= 11 is 7.43. The van der Waals surface area contributed by atoms with Gasteiger partial charge in [0, 0.05) is 10.2 Å². The second-order valence-corrected chi connectivity index (χ2v) is 3.82. The van der Waals surface area contributed by atoms with Gasteiger partial charge in [-0.3, -0.25) is 0 Å². The highest BCUT2D eigenvalue weighted by Crippen LogP contribution is 2.22. The standard InChI is InChI=1S/C10H8BrNO2S/c1-14-10(13)7-2-6(4-11)3-9(15)8(7)5-12/h2-3,15H,4H2,1H3. The molecule has 0 radical (unpaired) electrons. The molecule has 0 unspecified atom stereocenters. The zero-order chi connectivity index (χ0) is 11.4. The van der Waals surface area contributed by atoms with Gasteiger partial charge in [-0.1, -0.05) is 15.9 Å². The Morgan fingerprint density at radius 2 is 2.33 bits per heavy atom. The molecule has 1 rings (SSSR count). The molecule has 3 nitrogen and oxygen atoms in total. The first-order chi connectivity index (χ1) is 7.13. The van der Waals surface area contributed by atoms with E-state index in [1.54, 1.807) is 12.1 Å². The van der Waals surface area contributed by atoms with Gasteiger partial charge in [-0.25, -0.2) is 4.79 Å². The average Bonchev–Trinajstić information content (AvgIpc) is 2.26. The number of hydrogen-bond donors (Lipinski definition) is 1. The van der Waals surface area contributed by atoms with Crippen LogP contribution in [0.5, 0.6) is 0 Å². The van der Waals surface area contributed by atoms with Crippen molar-refractivity contribution in [3.8, 4) is 6.07 Å². The SMILES string of the molecule is COC(=O)c1cc(CBr)cc(S)c1C#N. The maximum Gasteiger partial charge on any atom is 0.339 e. The molecule has 5 heteroatoms. The molecule has 15 heavy (non-hydrogen) atoms. The molecule has 78 valence electrons. The van der Waals surface area contributed by atoms with E-state index in [0.29, 0.717) is 10.2 Å². The number of halogens is 1. The second-order valence-electron chi connectivity index (χ2n) is 2.77. The van der Waals surface area contributed by atoms with Crippen LogP contribution in [0.25, 0.3) is 0 Å². The molecule has 0 aromatic heterocycles. The summed E-state index contributed by atoms with van der Waals surface area (Å²) in [7, 11) is 1.28. The highest BCUT2D eigenvalue weighted by atomic mass is 79.9. The summed E-state index contributed by atoms with van der Waals surface area (Å²) in [4.78, 5) is 11.9. The monoisotopic (exact) mass is 285 g/mol. The van der Waals surface area contributed by atoms with E-state index >= 15 is 0 Å². The number of thiol groups is 1. The largest absolute Gasteiger partial charge is 0.465 e. The van der Waals surface area contributed by atoms with E-state index in [-0.39, 0.29) is 11.1 Å². The molecule has 0 saturated carbocycles. The third kappa shape index (κ3) is 2.52. The van der Waals surface area contributed by atoms with Gasteiger partial charge in [-0.15, -0.1) is 12.6 Å². The molecule has 0 heterocycles. The number of ether oxygens (including phenoxy) is 1. The molecule has 0 bridgehead atoms. The third-order valence-electron chi connectivity index (χ3n) is 1.85. The lowest BCUT2D eigenvalue weighted by Gasteiger charge is -2.06. The van der Waals surface area contributed by atoms with Crippen LogP contribution < -0.4 is 0 Å². The average molecular weight is 286 g/mol. The Balaban J connectivity index is 3.40. The van der Waals surface area contributed by atoms with Gasteiger partial charge < -0.3 is 4.74 Å². The quantitative estimate of drug-likeness (QED) is 0.516. The molecular formula is C10H8BrNO2S. The number of nitriles is 1. The Bertz CT molecular complexity index is 440. The number of carbonyl (C=O) groups is 1. The molecule has 0 amide bonds. The summed E-state index contributed by atoms with van der Waals surface area (Å²) in [6.45, 7) is 0. The number of hydrogen-bond acceptors (Lipinski definition) is 4. The molecule has 0 atom stereocenters. The van der Waals surface area contributed by atoms with E-state index in [1.165, 1.54) is 7.11 Å². The van der Waals surface area contributed by atoms with Gasteiger partial charge in [0.05, 0.1) is 18.2 Å². The zero-order valence-electron chi connectivity index (χ0n) is 7.95. The van der Waals surface area contributed by atoms with Crippen molar-refractivity contribution in [1.82, 2.24) is 0 Å². The maximum atomic E-state index is 11.4. The van der Waals surface area contributed by atoms with Crippen LogP contribution in [-0.4, -0.2) is 13.1 Å². The van der Waals surface area contributed by atoms with Crippen molar-refractivity contribution < 1.29 is 9.53 Å². The number of rotatable bonds is 2. The van der Waals surface area contributed by atoms with Gasteiger partial charge in [-0.05, 0) is 17.7 Å². The minimum absolute atomic E-state index is 0.245. The van der Waals surface area contributed by atoms with Crippen molar-refractivity contribution in [2.75, 3.05) is 7.11 Å². The summed E-state index contributed by atoms with van der Waals surface area (Å²) in [6, 6.07) is 5.30. The van der Waals surface area contributed by atoms with Gasteiger partial charge >= 0.3 is 5.97 Å². The summed E-state index contributed by atoms with van der Waals surface area (Å²) in [5.74, 6) is -0.523. The second kappa shape index (κ2) is 5.19. The first-order valence-electron chi connectivity index (χ1n) is 4.04. The number of benzene rings is 1. The molecule has 1 aromatic rings. The zero-order valence-corrected chi connectivity index (χ0v) is 10.4. The highest BCUT2D eigenvalue weighted by Gasteiger charge is 2.15. The van der Waals surface area contributed by atoms with Gasteiger partial charge in [0.1, 0.15) is 6.07 Å². The lowest BCUT2D eigenvalue weighted by Crippen LogP contribution is -2.05. The number of nitrogens with zero attached hydrogens (tertiary/aromatic N) is 1. The Hall–Kier alpha value is -0.990. The normalized spacial score (nSPS) is 9.47. The lowest BCUT2D eigenvalue weighted by molar-refractivity contribution is 0.0600. The number of esters is 1. The van der Waals surface area contributed by atoms with E-state index in [9.17, 15) is 4.79 Å². The van der Waals surface area contributed by atoms with Crippen molar-refractivity contribution in [2.45, 2.75) is 10.2 Å². The first-order valence-corrected chi connectivity index (χ1v) is 5.61. The van der Waals surface area contributed by atoms with Gasteiger partial charge in [-0.2, -0.15) is 5.26 Å². The Morgan fingerprint density at radius 3 is 2.80 bits per heavy atom. The van der Waals surface area contributed by atoms with Crippen LogP contribution in [0.3, 0.4) is 0 Å². The minimum Gasteiger partial charge on any atom is -0.465 e. The van der Waals surface area contributed by atoms with Crippen molar-refractivity contribution in [2.24, 2.45) is 0 Å². The molecule has 0 saturated heterocycles. The predicted molar refractivity (Wildman–Crippen MR) is 62.4 cm³/mol. The fourth-order valence-electron chi connectivity index (χ4n) is 1.15. The molecule has 0 spiro atoms. The van der Waals surface area contributed by atoms with Crippen LogP contribution >= 0.6 is 28.6 Å². The van der Waals surface area contributed by atoms with Crippen LogP contribution in [0.4, 0.5) is 0 Å². The van der Waals surface area contributed by atoms with E-state index in [2.05, 4.69) is 33.3 Å². The molecule has 0 N–H and O–H groups in total. The van der Waals surface area contributed by atoms with Gasteiger partial charge in [0.25, 0.3) is 0 Å². The molecule has 0 fully saturated rings. The Labute approximate surface area is 102 Å². The molecule has 0 aliphatic heterocycles. The number of methoxy groups -OCH3 is 1. The minimum atomic E-state index is -0.523. The first kappa shape index (κ1) is 12.1. The highest BCUT2D eigenvalue weighted by molar-refractivity contribution is 9.08.